The van der Waals surface area contributed by atoms with Crippen molar-refractivity contribution in [3.63, 3.8) is 0 Å². The molecule has 2 aromatic carbocycles. The maximum atomic E-state index is 13.5. The van der Waals surface area contributed by atoms with Crippen molar-refractivity contribution in [1.29, 1.82) is 5.26 Å². The Bertz CT molecular complexity index is 1960. The number of anilines is 2. The number of nitrogens with zero attached hydrogens (tertiary/aromatic N) is 7. The van der Waals surface area contributed by atoms with E-state index in [2.05, 4.69) is 54.9 Å². The summed E-state index contributed by atoms with van der Waals surface area (Å²) in [6.45, 7) is 3.83. The van der Waals surface area contributed by atoms with Gasteiger partial charge in [0.15, 0.2) is 11.6 Å². The first kappa shape index (κ1) is 34.9. The zero-order valence-corrected chi connectivity index (χ0v) is 28.8. The number of amides is 1. The van der Waals surface area contributed by atoms with Crippen LogP contribution in [0.15, 0.2) is 53.7 Å². The van der Waals surface area contributed by atoms with Crippen LogP contribution in [0.4, 0.5) is 11.8 Å². The number of aromatic nitrogens is 4. The van der Waals surface area contributed by atoms with Crippen LogP contribution in [-0.4, -0.2) is 100 Å². The van der Waals surface area contributed by atoms with Crippen LogP contribution in [0, 0.1) is 11.3 Å². The molecule has 0 saturated carbocycles. The van der Waals surface area contributed by atoms with E-state index in [-0.39, 0.29) is 40.3 Å². The monoisotopic (exact) mass is 702 g/mol. The number of ether oxygens (including phenoxy) is 1. The van der Waals surface area contributed by atoms with Crippen LogP contribution >= 0.6 is 0 Å². The molecule has 4 heterocycles. The van der Waals surface area contributed by atoms with Gasteiger partial charge in [-0.05, 0) is 74.5 Å². The molecule has 4 aromatic rings. The minimum Gasteiger partial charge on any atom is -0.505 e. The van der Waals surface area contributed by atoms with Crippen LogP contribution in [0.2, 0.25) is 0 Å². The maximum Gasteiger partial charge on any atom is 0.243 e. The molecular formula is C34H42N10O5S. The highest BCUT2D eigenvalue weighted by atomic mass is 32.2. The zero-order valence-electron chi connectivity index (χ0n) is 28.0. The van der Waals surface area contributed by atoms with E-state index in [1.54, 1.807) is 0 Å². The number of likely N-dealkylation sites (tertiary alicyclic amines) is 1. The smallest absolute Gasteiger partial charge is 0.243 e. The molecule has 2 aliphatic rings. The molecule has 6 rings (SSSR count). The van der Waals surface area contributed by atoms with Gasteiger partial charge < -0.3 is 26.2 Å². The van der Waals surface area contributed by atoms with Crippen molar-refractivity contribution < 1.29 is 23.1 Å². The second kappa shape index (κ2) is 15.3. The van der Waals surface area contributed by atoms with Crippen LogP contribution in [0.25, 0.3) is 10.9 Å². The lowest BCUT2D eigenvalue weighted by molar-refractivity contribution is -0.117. The molecule has 2 saturated heterocycles. The summed E-state index contributed by atoms with van der Waals surface area (Å²) in [5.41, 5.74) is 7.84. The normalized spacial score (nSPS) is 16.6. The van der Waals surface area contributed by atoms with Crippen molar-refractivity contribution in [3.05, 3.63) is 59.9 Å². The fourth-order valence-electron chi connectivity index (χ4n) is 6.58. The fraction of sp³-hybridized carbons (Fsp3) is 0.441. The Balaban J connectivity index is 0.998. The molecule has 2 fully saturated rings. The average molecular weight is 703 g/mol. The van der Waals surface area contributed by atoms with Gasteiger partial charge >= 0.3 is 0 Å². The second-order valence-electron chi connectivity index (χ2n) is 12.7. The van der Waals surface area contributed by atoms with Gasteiger partial charge in [0, 0.05) is 57.1 Å². The number of fused-ring (bicyclic) bond motifs is 1. The molecule has 0 atom stereocenters. The molecule has 0 bridgehead atoms. The Hall–Kier alpha value is -4.98. The Morgan fingerprint density at radius 2 is 1.82 bits per heavy atom. The molecule has 0 spiro atoms. The van der Waals surface area contributed by atoms with Gasteiger partial charge in [-0.15, -0.1) is 0 Å². The third kappa shape index (κ3) is 8.07. The highest BCUT2D eigenvalue weighted by molar-refractivity contribution is 7.89. The van der Waals surface area contributed by atoms with Crippen molar-refractivity contribution in [3.8, 4) is 17.6 Å². The lowest BCUT2D eigenvalue weighted by Crippen LogP contribution is -2.42. The molecule has 2 aliphatic heterocycles. The summed E-state index contributed by atoms with van der Waals surface area (Å²) in [4.78, 5) is 21.6. The number of aryl methyl sites for hydroxylation is 1. The number of carbonyl (C=O) groups excluding carboxylic acids is 1. The summed E-state index contributed by atoms with van der Waals surface area (Å²) in [6, 6.07) is 13.0. The number of piperidine rings is 2. The lowest BCUT2D eigenvalue weighted by Gasteiger charge is -2.32. The van der Waals surface area contributed by atoms with E-state index in [1.807, 2.05) is 11.7 Å². The lowest BCUT2D eigenvalue weighted by atomic mass is 9.89. The number of nitrogens with two attached hydrogens (primary N) is 1. The summed E-state index contributed by atoms with van der Waals surface area (Å²) in [5, 5.41) is 31.1. The number of hydrogen-bond donors (Lipinski definition) is 4. The van der Waals surface area contributed by atoms with E-state index >= 15 is 0 Å². The molecule has 16 heteroatoms. The Kier molecular flexibility index (Phi) is 10.7. The fourth-order valence-corrected chi connectivity index (χ4v) is 8.07. The zero-order chi connectivity index (χ0) is 35.3. The minimum atomic E-state index is -3.80. The average Bonchev–Trinajstić information content (AvgIpc) is 3.43. The molecular weight excluding hydrogens is 661 g/mol. The quantitative estimate of drug-likeness (QED) is 0.159. The van der Waals surface area contributed by atoms with Gasteiger partial charge in [-0.25, -0.2) is 18.4 Å². The summed E-state index contributed by atoms with van der Waals surface area (Å²) in [7, 11) is -1.88. The van der Waals surface area contributed by atoms with Crippen molar-refractivity contribution >= 4 is 38.6 Å². The molecule has 2 aromatic heterocycles. The first-order valence-electron chi connectivity index (χ1n) is 16.8. The van der Waals surface area contributed by atoms with E-state index in [1.165, 1.54) is 40.5 Å². The van der Waals surface area contributed by atoms with E-state index < -0.39 is 10.0 Å². The number of aromatic hydroxyl groups is 1. The molecule has 50 heavy (non-hydrogen) atoms. The number of nitriles is 1. The third-order valence-corrected chi connectivity index (χ3v) is 11.3. The van der Waals surface area contributed by atoms with Crippen LogP contribution < -0.4 is 21.1 Å². The molecule has 0 radical (unpaired) electrons. The third-order valence-electron chi connectivity index (χ3n) is 9.40. The Morgan fingerprint density at radius 1 is 1.08 bits per heavy atom. The largest absolute Gasteiger partial charge is 0.505 e. The number of benzene rings is 2. The van der Waals surface area contributed by atoms with E-state index in [4.69, 9.17) is 10.5 Å². The van der Waals surface area contributed by atoms with Gasteiger partial charge in [0.1, 0.15) is 18.4 Å². The van der Waals surface area contributed by atoms with Gasteiger partial charge in [0.2, 0.25) is 21.9 Å². The van der Waals surface area contributed by atoms with Crippen LogP contribution in [0.3, 0.4) is 0 Å². The van der Waals surface area contributed by atoms with E-state index in [0.717, 1.165) is 42.7 Å². The molecule has 1 amide bonds. The Labute approximate surface area is 291 Å². The molecule has 15 nitrogen and oxygen atoms in total. The van der Waals surface area contributed by atoms with Crippen LogP contribution in [-0.2, 0) is 21.9 Å². The van der Waals surface area contributed by atoms with Crippen LogP contribution in [0.1, 0.15) is 49.1 Å². The number of nitrogens with one attached hydrogen (secondary N) is 2. The summed E-state index contributed by atoms with van der Waals surface area (Å²) >= 11 is 0. The van der Waals surface area contributed by atoms with Crippen molar-refractivity contribution in [2.75, 3.05) is 56.5 Å². The van der Waals surface area contributed by atoms with Crippen LogP contribution in [0.5, 0.6) is 11.5 Å². The number of hydrogen-bond acceptors (Lipinski definition) is 12. The Morgan fingerprint density at radius 3 is 2.52 bits per heavy atom. The van der Waals surface area contributed by atoms with Crippen molar-refractivity contribution in [2.45, 2.75) is 49.0 Å². The SMILES string of the molecule is Cn1nc(NCCC(N)=O)c2ccc(C3CCN(CCOc4cc(S(=O)(=O)N5CCC(Nc6ncc(O)cn6)CC5)ccc4C#N)CC3)cc21. The van der Waals surface area contributed by atoms with Gasteiger partial charge in [-0.1, -0.05) is 6.07 Å². The van der Waals surface area contributed by atoms with Gasteiger partial charge in [-0.2, -0.15) is 14.7 Å². The van der Waals surface area contributed by atoms with Crippen molar-refractivity contribution in [2.24, 2.45) is 12.8 Å². The maximum absolute atomic E-state index is 13.5. The number of sulfonamides is 1. The first-order valence-corrected chi connectivity index (χ1v) is 18.2. The summed E-state index contributed by atoms with van der Waals surface area (Å²) in [5.74, 6) is 1.41. The highest BCUT2D eigenvalue weighted by Gasteiger charge is 2.30. The molecule has 0 unspecified atom stereocenters. The highest BCUT2D eigenvalue weighted by Crippen LogP contribution is 2.32. The van der Waals surface area contributed by atoms with E-state index in [0.29, 0.717) is 57.5 Å². The van der Waals surface area contributed by atoms with Gasteiger partial charge in [0.05, 0.1) is 28.4 Å². The second-order valence-corrected chi connectivity index (χ2v) is 14.7. The standard InChI is InChI=1S/C34H42N10O5S/c1-42-30-18-24(3-5-29(30)33(41-42)37-11-6-32(36)46)23-7-12-43(13-8-23)16-17-49-31-19-28(4-2-25(31)20-35)50(47,48)44-14-9-26(10-15-44)40-34-38-21-27(45)22-39-34/h2-5,18-19,21-23,26,45H,6-17H2,1H3,(H2,36,46)(H,37,41)(H,38,39,40). The predicted octanol–water partition coefficient (Wildman–Crippen LogP) is 2.75. The van der Waals surface area contributed by atoms with E-state index in [9.17, 15) is 23.6 Å². The number of carbonyl (C=O) groups is 1. The molecule has 5 N–H and O–H groups in total. The van der Waals surface area contributed by atoms with Crippen molar-refractivity contribution in [1.82, 2.24) is 29.0 Å². The summed E-state index contributed by atoms with van der Waals surface area (Å²) in [6.07, 6.45) is 5.95. The number of rotatable bonds is 13. The summed E-state index contributed by atoms with van der Waals surface area (Å²) < 4.78 is 36.4. The minimum absolute atomic E-state index is 0.00192. The van der Waals surface area contributed by atoms with Gasteiger partial charge in [-0.3, -0.25) is 14.4 Å². The first-order chi connectivity index (χ1) is 24.1. The topological polar surface area (TPSA) is 205 Å². The molecule has 264 valence electrons. The van der Waals surface area contributed by atoms with Gasteiger partial charge in [0.25, 0.3) is 0 Å². The molecule has 0 aliphatic carbocycles. The number of primary amides is 1. The predicted molar refractivity (Wildman–Crippen MR) is 187 cm³/mol.